The lowest BCUT2D eigenvalue weighted by Gasteiger charge is -2.21. The zero-order chi connectivity index (χ0) is 27.8. The highest BCUT2D eigenvalue weighted by Gasteiger charge is 2.24. The van der Waals surface area contributed by atoms with Crippen LogP contribution in [0.4, 0.5) is 0 Å². The highest BCUT2D eigenvalue weighted by atomic mass is 16.2. The molecule has 0 fully saturated rings. The van der Waals surface area contributed by atoms with Gasteiger partial charge in [-0.3, -0.25) is 19.2 Å². The van der Waals surface area contributed by atoms with Crippen LogP contribution in [0.3, 0.4) is 0 Å². The van der Waals surface area contributed by atoms with Crippen LogP contribution in [0, 0.1) is 11.8 Å². The number of hydrogen-bond acceptors (Lipinski definition) is 4. The molecule has 0 saturated carbocycles. The molecule has 4 amide bonds. The number of imidazole rings is 1. The smallest absolute Gasteiger partial charge is 0.262 e. The standard InChI is InChI=1S/C28H36N6O4/c1-18(2)23(15-33-11-12-34(17-33)16-25(36)32-26(19(3)4)27(29)37)31-24(35)14-30-28(38)22-10-9-20-7-5-6-8-21(20)13-22/h5-13,17-19,23,26H,14-16H2,1-4H3,(H4-,29,30,31,32,35,36,37,38)/p+1/t23-,26+/m1/s1. The molecular weight excluding hydrogens is 484 g/mol. The van der Waals surface area contributed by atoms with Gasteiger partial charge in [-0.05, 0) is 34.7 Å². The average Bonchev–Trinajstić information content (AvgIpc) is 3.31. The van der Waals surface area contributed by atoms with Gasteiger partial charge in [0.25, 0.3) is 11.8 Å². The Labute approximate surface area is 222 Å². The second-order valence-corrected chi connectivity index (χ2v) is 10.1. The van der Waals surface area contributed by atoms with Crippen LogP contribution in [0.5, 0.6) is 0 Å². The molecule has 3 rings (SSSR count). The molecule has 202 valence electrons. The number of amides is 4. The van der Waals surface area contributed by atoms with Gasteiger partial charge in [0.2, 0.25) is 18.1 Å². The summed E-state index contributed by atoms with van der Waals surface area (Å²) in [6.45, 7) is 8.00. The Morgan fingerprint density at radius 3 is 2.29 bits per heavy atom. The summed E-state index contributed by atoms with van der Waals surface area (Å²) in [6.07, 6.45) is 5.32. The van der Waals surface area contributed by atoms with E-state index in [0.29, 0.717) is 12.1 Å². The number of fused-ring (bicyclic) bond motifs is 1. The number of nitrogens with zero attached hydrogens (tertiary/aromatic N) is 2. The molecule has 10 nitrogen and oxygen atoms in total. The van der Waals surface area contributed by atoms with Gasteiger partial charge in [0, 0.05) is 5.56 Å². The van der Waals surface area contributed by atoms with E-state index in [9.17, 15) is 19.2 Å². The van der Waals surface area contributed by atoms with E-state index in [-0.39, 0.29) is 48.7 Å². The van der Waals surface area contributed by atoms with Crippen LogP contribution in [0.15, 0.2) is 61.2 Å². The molecule has 0 aliphatic rings. The predicted molar refractivity (Wildman–Crippen MR) is 144 cm³/mol. The van der Waals surface area contributed by atoms with Crippen LogP contribution in [-0.4, -0.2) is 46.8 Å². The van der Waals surface area contributed by atoms with E-state index in [1.807, 2.05) is 68.8 Å². The first-order valence-electron chi connectivity index (χ1n) is 12.7. The molecule has 1 heterocycles. The fraction of sp³-hybridized carbons (Fsp3) is 0.393. The van der Waals surface area contributed by atoms with Gasteiger partial charge in [-0.25, -0.2) is 9.13 Å². The highest BCUT2D eigenvalue weighted by Crippen LogP contribution is 2.15. The third-order valence-corrected chi connectivity index (χ3v) is 6.34. The van der Waals surface area contributed by atoms with Crippen LogP contribution < -0.4 is 26.3 Å². The minimum absolute atomic E-state index is 0.0308. The normalized spacial score (nSPS) is 12.8. The van der Waals surface area contributed by atoms with Gasteiger partial charge >= 0.3 is 0 Å². The third kappa shape index (κ3) is 7.89. The van der Waals surface area contributed by atoms with Crippen molar-refractivity contribution >= 4 is 34.4 Å². The van der Waals surface area contributed by atoms with Gasteiger partial charge in [0.15, 0.2) is 6.54 Å². The molecule has 2 atom stereocenters. The Kier molecular flexibility index (Phi) is 9.59. The molecule has 1 aromatic heterocycles. The van der Waals surface area contributed by atoms with Gasteiger partial charge < -0.3 is 21.7 Å². The van der Waals surface area contributed by atoms with Crippen molar-refractivity contribution in [3.63, 3.8) is 0 Å². The second kappa shape index (κ2) is 12.8. The van der Waals surface area contributed by atoms with Crippen molar-refractivity contribution in [2.75, 3.05) is 6.54 Å². The van der Waals surface area contributed by atoms with Crippen LogP contribution >= 0.6 is 0 Å². The van der Waals surface area contributed by atoms with Gasteiger partial charge in [0.05, 0.1) is 12.6 Å². The fourth-order valence-electron chi connectivity index (χ4n) is 4.09. The van der Waals surface area contributed by atoms with Crippen LogP contribution in [0.25, 0.3) is 10.8 Å². The number of nitrogens with one attached hydrogen (secondary N) is 3. The summed E-state index contributed by atoms with van der Waals surface area (Å²) in [4.78, 5) is 49.1. The second-order valence-electron chi connectivity index (χ2n) is 10.1. The molecule has 0 unspecified atom stereocenters. The maximum absolute atomic E-state index is 12.6. The highest BCUT2D eigenvalue weighted by molar-refractivity contribution is 6.00. The molecule has 0 aliphatic heterocycles. The Balaban J connectivity index is 1.52. The summed E-state index contributed by atoms with van der Waals surface area (Å²) in [5.41, 5.74) is 5.87. The van der Waals surface area contributed by atoms with Gasteiger partial charge in [0.1, 0.15) is 25.0 Å². The molecule has 10 heteroatoms. The van der Waals surface area contributed by atoms with Crippen molar-refractivity contribution in [3.8, 4) is 0 Å². The summed E-state index contributed by atoms with van der Waals surface area (Å²) >= 11 is 0. The molecule has 0 aliphatic carbocycles. The Morgan fingerprint density at radius 1 is 0.921 bits per heavy atom. The van der Waals surface area contributed by atoms with Crippen molar-refractivity contribution < 1.29 is 23.7 Å². The molecular formula is C28H37N6O4+. The first kappa shape index (κ1) is 28.4. The molecule has 0 radical (unpaired) electrons. The molecule has 0 spiro atoms. The van der Waals surface area contributed by atoms with E-state index in [0.717, 1.165) is 10.8 Å². The lowest BCUT2D eigenvalue weighted by molar-refractivity contribution is -0.684. The number of carbonyl (C=O) groups is 4. The van der Waals surface area contributed by atoms with E-state index in [4.69, 9.17) is 5.73 Å². The maximum Gasteiger partial charge on any atom is 0.262 e. The molecule has 38 heavy (non-hydrogen) atoms. The molecule has 0 saturated heterocycles. The SMILES string of the molecule is CC(C)[C@H](NC(=O)C[n+]1ccn(C[C@@H](NC(=O)CNC(=O)c2ccc3ccccc3c2)C(C)C)c1)C(N)=O. The lowest BCUT2D eigenvalue weighted by Crippen LogP contribution is -2.51. The van der Waals surface area contributed by atoms with Crippen LogP contribution in [0.2, 0.25) is 0 Å². The van der Waals surface area contributed by atoms with Gasteiger partial charge in [-0.15, -0.1) is 0 Å². The quantitative estimate of drug-likeness (QED) is 0.265. The number of carbonyl (C=O) groups excluding carboxylic acids is 4. The summed E-state index contributed by atoms with van der Waals surface area (Å²) < 4.78 is 3.57. The van der Waals surface area contributed by atoms with Crippen molar-refractivity contribution in [2.24, 2.45) is 17.6 Å². The summed E-state index contributed by atoms with van der Waals surface area (Å²) in [6, 6.07) is 12.3. The number of aromatic nitrogens is 2. The topological polar surface area (TPSA) is 139 Å². The molecule has 5 N–H and O–H groups in total. The van der Waals surface area contributed by atoms with Crippen molar-refractivity contribution in [1.82, 2.24) is 20.5 Å². The molecule has 2 aromatic carbocycles. The predicted octanol–water partition coefficient (Wildman–Crippen LogP) is 1.13. The van der Waals surface area contributed by atoms with E-state index < -0.39 is 11.9 Å². The van der Waals surface area contributed by atoms with Gasteiger partial charge in [-0.1, -0.05) is 58.0 Å². The summed E-state index contributed by atoms with van der Waals surface area (Å²) in [5, 5.41) is 10.3. The minimum Gasteiger partial charge on any atom is -0.368 e. The first-order chi connectivity index (χ1) is 18.0. The Bertz CT molecular complexity index is 1300. The molecule has 3 aromatic rings. The number of benzene rings is 2. The largest absolute Gasteiger partial charge is 0.368 e. The Morgan fingerprint density at radius 2 is 1.63 bits per heavy atom. The van der Waals surface area contributed by atoms with Crippen LogP contribution in [0.1, 0.15) is 38.1 Å². The molecule has 0 bridgehead atoms. The fourth-order valence-corrected chi connectivity index (χ4v) is 4.09. The average molecular weight is 522 g/mol. The zero-order valence-corrected chi connectivity index (χ0v) is 22.3. The van der Waals surface area contributed by atoms with Crippen molar-refractivity contribution in [2.45, 2.75) is 52.9 Å². The monoisotopic (exact) mass is 521 g/mol. The van der Waals surface area contributed by atoms with Gasteiger partial charge in [-0.2, -0.15) is 0 Å². The summed E-state index contributed by atoms with van der Waals surface area (Å²) in [7, 11) is 0. The maximum atomic E-state index is 12.6. The number of primary amides is 1. The van der Waals surface area contributed by atoms with Crippen LogP contribution in [-0.2, 0) is 27.5 Å². The van der Waals surface area contributed by atoms with E-state index in [1.54, 1.807) is 29.2 Å². The summed E-state index contributed by atoms with van der Waals surface area (Å²) in [5.74, 6) is -1.48. The Hall–Kier alpha value is -4.21. The number of hydrogen-bond donors (Lipinski definition) is 4. The minimum atomic E-state index is -0.729. The van der Waals surface area contributed by atoms with E-state index in [2.05, 4.69) is 16.0 Å². The lowest BCUT2D eigenvalue weighted by atomic mass is 10.0. The number of rotatable bonds is 12. The van der Waals surface area contributed by atoms with Crippen molar-refractivity contribution in [1.29, 1.82) is 0 Å². The van der Waals surface area contributed by atoms with E-state index >= 15 is 0 Å². The first-order valence-corrected chi connectivity index (χ1v) is 12.7. The third-order valence-electron chi connectivity index (χ3n) is 6.34. The zero-order valence-electron chi connectivity index (χ0n) is 22.3. The number of nitrogens with two attached hydrogens (primary N) is 1. The van der Waals surface area contributed by atoms with Crippen molar-refractivity contribution in [3.05, 3.63) is 66.7 Å². The van der Waals surface area contributed by atoms with E-state index in [1.165, 1.54) is 0 Å².